The molecule has 0 radical (unpaired) electrons. The number of hydrogen-bond acceptors (Lipinski definition) is 6. The molecule has 1 aromatic heterocycles. The van der Waals surface area contributed by atoms with Crippen LogP contribution in [0.2, 0.25) is 5.15 Å². The third-order valence-corrected chi connectivity index (χ3v) is 5.18. The van der Waals surface area contributed by atoms with Crippen LogP contribution in [-0.4, -0.2) is 35.2 Å². The highest BCUT2D eigenvalue weighted by Gasteiger charge is 2.28. The first-order chi connectivity index (χ1) is 13.5. The number of halogens is 1. The fourth-order valence-corrected chi connectivity index (χ4v) is 3.47. The van der Waals surface area contributed by atoms with E-state index in [1.807, 2.05) is 0 Å². The molecule has 0 atom stereocenters. The number of nitrogens with zero attached hydrogens (tertiary/aromatic N) is 3. The van der Waals surface area contributed by atoms with Gasteiger partial charge in [0.05, 0.1) is 35.9 Å². The molecular formula is C20H19ClN4O3. The molecule has 3 rings (SSSR count). The number of nitrogens with one attached hydrogen (secondary N) is 1. The fraction of sp³-hybridized carbons (Fsp3) is 0.350. The maximum Gasteiger partial charge on any atom is 0.308 e. The number of benzene rings is 1. The normalized spacial score (nSPS) is 18.8. The van der Waals surface area contributed by atoms with Crippen LogP contribution in [0.25, 0.3) is 11.3 Å². The third-order valence-electron chi connectivity index (χ3n) is 4.90. The van der Waals surface area contributed by atoms with Crippen LogP contribution < -0.4 is 5.32 Å². The Hall–Kier alpha value is -2.98. The minimum atomic E-state index is -0.323. The molecule has 1 aliphatic rings. The summed E-state index contributed by atoms with van der Waals surface area (Å²) in [6.07, 6.45) is 2.75. The molecule has 1 fully saturated rings. The molecule has 0 aliphatic heterocycles. The second-order valence-electron chi connectivity index (χ2n) is 6.67. The van der Waals surface area contributed by atoms with E-state index in [0.717, 1.165) is 5.56 Å². The average Bonchev–Trinajstić information content (AvgIpc) is 2.74. The van der Waals surface area contributed by atoms with Gasteiger partial charge >= 0.3 is 5.97 Å². The smallest absolute Gasteiger partial charge is 0.308 e. The summed E-state index contributed by atoms with van der Waals surface area (Å²) in [5.74, 6) is -0.623. The van der Waals surface area contributed by atoms with E-state index in [-0.39, 0.29) is 34.6 Å². The summed E-state index contributed by atoms with van der Waals surface area (Å²) in [7, 11) is 1.39. The second-order valence-corrected chi connectivity index (χ2v) is 7.03. The lowest BCUT2D eigenvalue weighted by molar-refractivity contribution is -0.146. The second kappa shape index (κ2) is 8.81. The van der Waals surface area contributed by atoms with Crippen LogP contribution in [0.5, 0.6) is 0 Å². The lowest BCUT2D eigenvalue weighted by Crippen LogP contribution is -2.39. The summed E-state index contributed by atoms with van der Waals surface area (Å²) in [5.41, 5.74) is 2.00. The van der Waals surface area contributed by atoms with Gasteiger partial charge in [-0.05, 0) is 43.9 Å². The topological polar surface area (TPSA) is 105 Å². The molecule has 1 aromatic carbocycles. The van der Waals surface area contributed by atoms with Gasteiger partial charge in [-0.1, -0.05) is 23.7 Å². The largest absolute Gasteiger partial charge is 0.469 e. The van der Waals surface area contributed by atoms with E-state index in [1.54, 1.807) is 30.3 Å². The molecule has 8 heteroatoms. The third kappa shape index (κ3) is 4.46. The van der Waals surface area contributed by atoms with Gasteiger partial charge in [0.2, 0.25) is 0 Å². The van der Waals surface area contributed by atoms with Gasteiger partial charge in [0.25, 0.3) is 5.91 Å². The molecule has 0 bridgehead atoms. The summed E-state index contributed by atoms with van der Waals surface area (Å²) in [5, 5.41) is 19.8. The van der Waals surface area contributed by atoms with Crippen LogP contribution in [0.4, 0.5) is 0 Å². The fourth-order valence-electron chi connectivity index (χ4n) is 3.30. The summed E-state index contributed by atoms with van der Waals surface area (Å²) >= 11 is 6.09. The highest BCUT2D eigenvalue weighted by Crippen LogP contribution is 2.26. The molecule has 0 unspecified atom stereocenters. The van der Waals surface area contributed by atoms with Crippen molar-refractivity contribution in [1.29, 1.82) is 5.26 Å². The van der Waals surface area contributed by atoms with Crippen LogP contribution in [0.3, 0.4) is 0 Å². The van der Waals surface area contributed by atoms with Crippen molar-refractivity contribution in [3.63, 3.8) is 0 Å². The van der Waals surface area contributed by atoms with Gasteiger partial charge in [-0.2, -0.15) is 5.26 Å². The van der Waals surface area contributed by atoms with Crippen LogP contribution >= 0.6 is 11.6 Å². The molecule has 1 N–H and O–H groups in total. The molecule has 7 nitrogen and oxygen atoms in total. The van der Waals surface area contributed by atoms with Crippen molar-refractivity contribution in [3.8, 4) is 17.3 Å². The van der Waals surface area contributed by atoms with E-state index in [2.05, 4.69) is 21.6 Å². The monoisotopic (exact) mass is 398 g/mol. The molecular weight excluding hydrogens is 380 g/mol. The van der Waals surface area contributed by atoms with E-state index in [1.165, 1.54) is 7.11 Å². The van der Waals surface area contributed by atoms with Crippen molar-refractivity contribution in [3.05, 3.63) is 46.6 Å². The van der Waals surface area contributed by atoms with Crippen LogP contribution in [0.15, 0.2) is 30.3 Å². The Labute approximate surface area is 167 Å². The average molecular weight is 399 g/mol. The summed E-state index contributed by atoms with van der Waals surface area (Å²) in [4.78, 5) is 24.3. The molecule has 2 aromatic rings. The van der Waals surface area contributed by atoms with Crippen LogP contribution in [-0.2, 0) is 9.53 Å². The molecule has 1 amide bonds. The Bertz CT molecular complexity index is 916. The van der Waals surface area contributed by atoms with E-state index >= 15 is 0 Å². The Kier molecular flexibility index (Phi) is 6.22. The van der Waals surface area contributed by atoms with Gasteiger partial charge in [0.15, 0.2) is 5.15 Å². The minimum absolute atomic E-state index is 0.0261. The molecule has 1 heterocycles. The van der Waals surface area contributed by atoms with Gasteiger partial charge in [-0.3, -0.25) is 9.59 Å². The lowest BCUT2D eigenvalue weighted by Gasteiger charge is -2.27. The summed E-state index contributed by atoms with van der Waals surface area (Å²) in [6, 6.07) is 10.4. The zero-order valence-electron chi connectivity index (χ0n) is 15.3. The number of carbonyl (C=O) groups excluding carboxylic acids is 2. The van der Waals surface area contributed by atoms with Gasteiger partial charge in [0.1, 0.15) is 0 Å². The van der Waals surface area contributed by atoms with E-state index in [0.29, 0.717) is 36.9 Å². The molecule has 28 heavy (non-hydrogen) atoms. The molecule has 144 valence electrons. The number of esters is 1. The standard InChI is InChI=1S/C20H19ClN4O3/c1-28-20(27)14-6-8-15(9-7-14)23-19(26)16-10-17(24-25-18(16)21)13-4-2-12(11-22)3-5-13/h2-5,10,14-15H,6-9H2,1H3,(H,23,26). The van der Waals surface area contributed by atoms with E-state index in [9.17, 15) is 9.59 Å². The highest BCUT2D eigenvalue weighted by atomic mass is 35.5. The zero-order chi connectivity index (χ0) is 20.1. The first-order valence-corrected chi connectivity index (χ1v) is 9.32. The maximum atomic E-state index is 12.7. The first-order valence-electron chi connectivity index (χ1n) is 8.94. The number of rotatable bonds is 4. The van der Waals surface area contributed by atoms with Crippen molar-refractivity contribution < 1.29 is 14.3 Å². The number of aromatic nitrogens is 2. The Balaban J connectivity index is 1.70. The van der Waals surface area contributed by atoms with Gasteiger partial charge in [0, 0.05) is 11.6 Å². The predicted molar refractivity (Wildman–Crippen MR) is 102 cm³/mol. The SMILES string of the molecule is COC(=O)C1CCC(NC(=O)c2cc(-c3ccc(C#N)cc3)nnc2Cl)CC1. The van der Waals surface area contributed by atoms with Gasteiger partial charge in [-0.15, -0.1) is 10.2 Å². The minimum Gasteiger partial charge on any atom is -0.469 e. The summed E-state index contributed by atoms with van der Waals surface area (Å²) in [6.45, 7) is 0. The number of hydrogen-bond donors (Lipinski definition) is 1. The van der Waals surface area contributed by atoms with Crippen molar-refractivity contribution >= 4 is 23.5 Å². The maximum absolute atomic E-state index is 12.7. The van der Waals surface area contributed by atoms with E-state index < -0.39 is 0 Å². The lowest BCUT2D eigenvalue weighted by atomic mass is 9.86. The van der Waals surface area contributed by atoms with Crippen molar-refractivity contribution in [2.75, 3.05) is 7.11 Å². The number of nitriles is 1. The van der Waals surface area contributed by atoms with Crippen LogP contribution in [0, 0.1) is 17.2 Å². The highest BCUT2D eigenvalue weighted by molar-refractivity contribution is 6.32. The van der Waals surface area contributed by atoms with Crippen LogP contribution in [0.1, 0.15) is 41.6 Å². The van der Waals surface area contributed by atoms with Crippen molar-refractivity contribution in [2.45, 2.75) is 31.7 Å². The molecule has 0 spiro atoms. The van der Waals surface area contributed by atoms with Crippen molar-refractivity contribution in [1.82, 2.24) is 15.5 Å². The zero-order valence-corrected chi connectivity index (χ0v) is 16.1. The quantitative estimate of drug-likeness (QED) is 0.793. The van der Waals surface area contributed by atoms with Gasteiger partial charge < -0.3 is 10.1 Å². The molecule has 1 saturated carbocycles. The molecule has 0 saturated heterocycles. The Morgan fingerprint density at radius 1 is 1.18 bits per heavy atom. The van der Waals surface area contributed by atoms with E-state index in [4.69, 9.17) is 21.6 Å². The number of ether oxygens (including phenoxy) is 1. The summed E-state index contributed by atoms with van der Waals surface area (Å²) < 4.78 is 4.78. The Morgan fingerprint density at radius 2 is 1.86 bits per heavy atom. The molecule has 1 aliphatic carbocycles. The Morgan fingerprint density at radius 3 is 2.46 bits per heavy atom. The number of methoxy groups -OCH3 is 1. The number of amides is 1. The van der Waals surface area contributed by atoms with Crippen molar-refractivity contribution in [2.24, 2.45) is 5.92 Å². The number of carbonyl (C=O) groups is 2. The van der Waals surface area contributed by atoms with Gasteiger partial charge in [-0.25, -0.2) is 0 Å². The first kappa shape index (κ1) is 19.8. The predicted octanol–water partition coefficient (Wildman–Crippen LogP) is 3.13.